The van der Waals surface area contributed by atoms with E-state index in [1.165, 1.54) is 11.0 Å². The van der Waals surface area contributed by atoms with Gasteiger partial charge in [-0.25, -0.2) is 8.78 Å². The normalized spacial score (nSPS) is 17.2. The summed E-state index contributed by atoms with van der Waals surface area (Å²) in [6, 6.07) is 8.47. The molecule has 148 valence electrons. The quantitative estimate of drug-likeness (QED) is 0.818. The third-order valence-corrected chi connectivity index (χ3v) is 4.73. The van der Waals surface area contributed by atoms with Crippen molar-refractivity contribution in [2.45, 2.75) is 25.6 Å². The van der Waals surface area contributed by atoms with Crippen molar-refractivity contribution < 1.29 is 18.4 Å². The number of hydrogen-bond donors (Lipinski definition) is 1. The smallest absolute Gasteiger partial charge is 0.237 e. The first-order valence-electron chi connectivity index (χ1n) is 9.03. The van der Waals surface area contributed by atoms with E-state index in [0.29, 0.717) is 25.2 Å². The lowest BCUT2D eigenvalue weighted by molar-refractivity contribution is -0.138. The molecule has 0 spiro atoms. The third-order valence-electron chi connectivity index (χ3n) is 4.73. The van der Waals surface area contributed by atoms with Crippen molar-refractivity contribution >= 4 is 11.8 Å². The molecule has 1 aliphatic rings. The van der Waals surface area contributed by atoms with Gasteiger partial charge in [0.15, 0.2) is 11.6 Å². The summed E-state index contributed by atoms with van der Waals surface area (Å²) < 4.78 is 26.6. The van der Waals surface area contributed by atoms with Gasteiger partial charge in [0.2, 0.25) is 11.8 Å². The van der Waals surface area contributed by atoms with E-state index in [4.69, 9.17) is 0 Å². The Hall–Kier alpha value is -2.87. The molecular weight excluding hydrogens is 366 g/mol. The van der Waals surface area contributed by atoms with E-state index < -0.39 is 17.7 Å². The fourth-order valence-electron chi connectivity index (χ4n) is 3.19. The zero-order chi connectivity index (χ0) is 20.1. The van der Waals surface area contributed by atoms with Gasteiger partial charge in [-0.3, -0.25) is 19.5 Å². The molecule has 0 saturated carbocycles. The number of aromatic nitrogens is 1. The minimum atomic E-state index is -0.929. The maximum absolute atomic E-state index is 13.5. The Labute approximate surface area is 162 Å². The van der Waals surface area contributed by atoms with Gasteiger partial charge in [0, 0.05) is 32.9 Å². The van der Waals surface area contributed by atoms with Gasteiger partial charge in [-0.2, -0.15) is 0 Å². The Bertz CT molecular complexity index is 847. The Morgan fingerprint density at radius 2 is 2.11 bits per heavy atom. The number of carbonyl (C=O) groups excluding carboxylic acids is 2. The highest BCUT2D eigenvalue weighted by Crippen LogP contribution is 2.17. The number of amides is 2. The van der Waals surface area contributed by atoms with Gasteiger partial charge >= 0.3 is 0 Å². The molecule has 2 heterocycles. The molecule has 1 aliphatic heterocycles. The predicted molar refractivity (Wildman–Crippen MR) is 98.9 cm³/mol. The topological polar surface area (TPSA) is 65.5 Å². The largest absolute Gasteiger partial charge is 0.353 e. The number of halogens is 2. The lowest BCUT2D eigenvalue weighted by Gasteiger charge is -2.35. The standard InChI is InChI=1S/C20H22F2N4O2/c1-25(13-15-4-2-3-7-23-15)19(27)11-18-20(28)24-8-9-26(18)12-14-5-6-16(21)17(22)10-14/h2-7,10,18H,8-9,11-13H2,1H3,(H,24,28). The second-order valence-corrected chi connectivity index (χ2v) is 6.80. The number of nitrogens with one attached hydrogen (secondary N) is 1. The van der Waals surface area contributed by atoms with E-state index in [9.17, 15) is 18.4 Å². The monoisotopic (exact) mass is 388 g/mol. The molecule has 1 atom stereocenters. The molecule has 3 rings (SSSR count). The lowest BCUT2D eigenvalue weighted by atomic mass is 10.1. The highest BCUT2D eigenvalue weighted by atomic mass is 19.2. The van der Waals surface area contributed by atoms with E-state index in [1.807, 2.05) is 17.0 Å². The predicted octanol–water partition coefficient (Wildman–Crippen LogP) is 1.71. The molecule has 8 heteroatoms. The van der Waals surface area contributed by atoms with Gasteiger partial charge in [-0.1, -0.05) is 12.1 Å². The Balaban J connectivity index is 1.67. The van der Waals surface area contributed by atoms with Crippen LogP contribution in [0.4, 0.5) is 8.78 Å². The fraction of sp³-hybridized carbons (Fsp3) is 0.350. The summed E-state index contributed by atoms with van der Waals surface area (Å²) in [6.07, 6.45) is 1.66. The SMILES string of the molecule is CN(Cc1ccccn1)C(=O)CC1C(=O)NCCN1Cc1ccc(F)c(F)c1. The minimum Gasteiger partial charge on any atom is -0.353 e. The van der Waals surface area contributed by atoms with Gasteiger partial charge in [-0.15, -0.1) is 0 Å². The average molecular weight is 388 g/mol. The van der Waals surface area contributed by atoms with E-state index in [-0.39, 0.29) is 24.8 Å². The van der Waals surface area contributed by atoms with Crippen LogP contribution in [0.1, 0.15) is 17.7 Å². The van der Waals surface area contributed by atoms with Crippen molar-refractivity contribution in [1.29, 1.82) is 0 Å². The van der Waals surface area contributed by atoms with Crippen LogP contribution in [0.3, 0.4) is 0 Å². The fourth-order valence-corrected chi connectivity index (χ4v) is 3.19. The molecular formula is C20H22F2N4O2. The second kappa shape index (κ2) is 8.88. The maximum atomic E-state index is 13.5. The number of benzene rings is 1. The van der Waals surface area contributed by atoms with Crippen molar-refractivity contribution in [2.24, 2.45) is 0 Å². The molecule has 2 aromatic rings. The summed E-state index contributed by atoms with van der Waals surface area (Å²) in [4.78, 5) is 32.5. The molecule has 1 fully saturated rings. The Kier molecular flexibility index (Phi) is 6.30. The molecule has 2 amide bonds. The van der Waals surface area contributed by atoms with Crippen LogP contribution < -0.4 is 5.32 Å². The molecule has 1 N–H and O–H groups in total. The van der Waals surface area contributed by atoms with Crippen molar-refractivity contribution in [2.75, 3.05) is 20.1 Å². The second-order valence-electron chi connectivity index (χ2n) is 6.80. The third kappa shape index (κ3) is 4.89. The van der Waals surface area contributed by atoms with Crippen LogP contribution in [0.2, 0.25) is 0 Å². The van der Waals surface area contributed by atoms with Crippen LogP contribution in [-0.2, 0) is 22.7 Å². The van der Waals surface area contributed by atoms with Crippen LogP contribution in [0.15, 0.2) is 42.6 Å². The first-order chi connectivity index (χ1) is 13.4. The number of nitrogens with zero attached hydrogens (tertiary/aromatic N) is 3. The molecule has 1 aromatic heterocycles. The first-order valence-corrected chi connectivity index (χ1v) is 9.03. The van der Waals surface area contributed by atoms with E-state index in [1.54, 1.807) is 19.3 Å². The number of rotatable bonds is 6. The van der Waals surface area contributed by atoms with Crippen LogP contribution in [0, 0.1) is 11.6 Å². The van der Waals surface area contributed by atoms with Gasteiger partial charge < -0.3 is 10.2 Å². The summed E-state index contributed by atoms with van der Waals surface area (Å²) in [5.74, 6) is -2.28. The molecule has 1 saturated heterocycles. The highest BCUT2D eigenvalue weighted by Gasteiger charge is 2.32. The van der Waals surface area contributed by atoms with Crippen LogP contribution >= 0.6 is 0 Å². The van der Waals surface area contributed by atoms with Crippen molar-refractivity contribution in [3.63, 3.8) is 0 Å². The van der Waals surface area contributed by atoms with Crippen molar-refractivity contribution in [3.05, 3.63) is 65.5 Å². The number of pyridine rings is 1. The summed E-state index contributed by atoms with van der Waals surface area (Å²) in [6.45, 7) is 1.56. The molecule has 0 aliphatic carbocycles. The molecule has 0 bridgehead atoms. The van der Waals surface area contributed by atoms with Crippen LogP contribution in [0.5, 0.6) is 0 Å². The van der Waals surface area contributed by atoms with Gasteiger partial charge in [-0.05, 0) is 29.8 Å². The van der Waals surface area contributed by atoms with Gasteiger partial charge in [0.25, 0.3) is 0 Å². The lowest BCUT2D eigenvalue weighted by Crippen LogP contribution is -2.56. The first kappa shape index (κ1) is 19.9. The van der Waals surface area contributed by atoms with E-state index in [0.717, 1.165) is 17.8 Å². The molecule has 28 heavy (non-hydrogen) atoms. The maximum Gasteiger partial charge on any atom is 0.237 e. The minimum absolute atomic E-state index is 0.00115. The number of hydrogen-bond acceptors (Lipinski definition) is 4. The summed E-state index contributed by atoms with van der Waals surface area (Å²) in [5, 5.41) is 2.76. The van der Waals surface area contributed by atoms with Crippen molar-refractivity contribution in [1.82, 2.24) is 20.1 Å². The summed E-state index contributed by atoms with van der Waals surface area (Å²) in [7, 11) is 1.66. The van der Waals surface area contributed by atoms with Gasteiger partial charge in [0.1, 0.15) is 0 Å². The molecule has 0 radical (unpaired) electrons. The van der Waals surface area contributed by atoms with E-state index >= 15 is 0 Å². The summed E-state index contributed by atoms with van der Waals surface area (Å²) >= 11 is 0. The molecule has 6 nitrogen and oxygen atoms in total. The highest BCUT2D eigenvalue weighted by molar-refractivity contribution is 5.88. The number of carbonyl (C=O) groups is 2. The number of piperazine rings is 1. The van der Waals surface area contributed by atoms with Crippen LogP contribution in [-0.4, -0.2) is 52.8 Å². The zero-order valence-corrected chi connectivity index (χ0v) is 15.6. The molecule has 1 aromatic carbocycles. The Morgan fingerprint density at radius 1 is 1.29 bits per heavy atom. The van der Waals surface area contributed by atoms with E-state index in [2.05, 4.69) is 10.3 Å². The average Bonchev–Trinajstić information content (AvgIpc) is 2.68. The van der Waals surface area contributed by atoms with Gasteiger partial charge in [0.05, 0.1) is 24.7 Å². The summed E-state index contributed by atoms with van der Waals surface area (Å²) in [5.41, 5.74) is 1.30. The van der Waals surface area contributed by atoms with Crippen molar-refractivity contribution in [3.8, 4) is 0 Å². The Morgan fingerprint density at radius 3 is 2.82 bits per heavy atom. The zero-order valence-electron chi connectivity index (χ0n) is 15.6. The van der Waals surface area contributed by atoms with Crippen LogP contribution in [0.25, 0.3) is 0 Å². The molecule has 1 unspecified atom stereocenters.